The lowest BCUT2D eigenvalue weighted by Gasteiger charge is -2.13. The second-order valence-corrected chi connectivity index (χ2v) is 6.36. The first kappa shape index (κ1) is 19.9. The van der Waals surface area contributed by atoms with Crippen molar-refractivity contribution in [1.29, 1.82) is 0 Å². The molecule has 0 atom stereocenters. The second kappa shape index (κ2) is 8.47. The fraction of sp³-hybridized carbons (Fsp3) is 0.190. The van der Waals surface area contributed by atoms with Crippen molar-refractivity contribution < 1.29 is 19.2 Å². The number of rotatable bonds is 6. The number of nitrogens with one attached hydrogen (secondary N) is 1. The molecule has 1 heterocycles. The van der Waals surface area contributed by atoms with Crippen molar-refractivity contribution >= 4 is 34.2 Å². The number of nitrogens with zero attached hydrogens (tertiary/aromatic N) is 2. The largest absolute Gasteiger partial charge is 0.452 e. The van der Waals surface area contributed by atoms with Gasteiger partial charge >= 0.3 is 5.97 Å². The molecule has 0 saturated carbocycles. The molecule has 148 valence electrons. The maximum absolute atomic E-state index is 12.7. The van der Waals surface area contributed by atoms with Gasteiger partial charge in [0, 0.05) is 23.2 Å². The molecule has 29 heavy (non-hydrogen) atoms. The summed E-state index contributed by atoms with van der Waals surface area (Å²) < 4.78 is 5.19. The lowest BCUT2D eigenvalue weighted by atomic mass is 10.0. The van der Waals surface area contributed by atoms with E-state index in [1.165, 1.54) is 24.3 Å². The van der Waals surface area contributed by atoms with Gasteiger partial charge in [0.2, 0.25) is 0 Å². The highest BCUT2D eigenvalue weighted by Gasteiger charge is 2.20. The van der Waals surface area contributed by atoms with Gasteiger partial charge in [-0.1, -0.05) is 31.2 Å². The topological polar surface area (TPSA) is 111 Å². The highest BCUT2D eigenvalue weighted by atomic mass is 16.6. The van der Waals surface area contributed by atoms with Gasteiger partial charge in [-0.2, -0.15) is 0 Å². The van der Waals surface area contributed by atoms with E-state index in [1.807, 2.05) is 38.1 Å². The lowest BCUT2D eigenvalue weighted by Crippen LogP contribution is -2.22. The molecular formula is C21H19N3O5. The molecule has 1 amide bonds. The van der Waals surface area contributed by atoms with Crippen molar-refractivity contribution in [3.63, 3.8) is 0 Å². The molecule has 3 rings (SSSR count). The van der Waals surface area contributed by atoms with E-state index in [-0.39, 0.29) is 11.4 Å². The molecule has 1 N–H and O–H groups in total. The molecule has 0 bridgehead atoms. The van der Waals surface area contributed by atoms with Gasteiger partial charge < -0.3 is 10.1 Å². The number of carbonyl (C=O) groups is 2. The van der Waals surface area contributed by atoms with Gasteiger partial charge in [-0.3, -0.25) is 19.9 Å². The van der Waals surface area contributed by atoms with Crippen LogP contribution in [0.5, 0.6) is 0 Å². The van der Waals surface area contributed by atoms with Crippen molar-refractivity contribution in [3.05, 3.63) is 75.5 Å². The molecule has 8 nitrogen and oxygen atoms in total. The van der Waals surface area contributed by atoms with Crippen molar-refractivity contribution in [2.75, 3.05) is 11.9 Å². The summed E-state index contributed by atoms with van der Waals surface area (Å²) in [6.45, 7) is 3.20. The highest BCUT2D eigenvalue weighted by molar-refractivity contribution is 6.00. The maximum Gasteiger partial charge on any atom is 0.340 e. The van der Waals surface area contributed by atoms with Crippen LogP contribution in [0, 0.1) is 17.0 Å². The number of amides is 1. The quantitative estimate of drug-likeness (QED) is 0.387. The number of fused-ring (bicyclic) bond motifs is 1. The molecule has 0 unspecified atom stereocenters. The number of hydrogen-bond acceptors (Lipinski definition) is 6. The van der Waals surface area contributed by atoms with E-state index in [9.17, 15) is 19.7 Å². The number of non-ortho nitro benzene ring substituents is 1. The van der Waals surface area contributed by atoms with Crippen LogP contribution in [0.1, 0.15) is 28.5 Å². The molecule has 3 aromatic rings. The zero-order valence-corrected chi connectivity index (χ0v) is 16.0. The molecule has 0 aliphatic carbocycles. The van der Waals surface area contributed by atoms with Crippen molar-refractivity contribution in [3.8, 4) is 0 Å². The van der Waals surface area contributed by atoms with Crippen LogP contribution in [-0.4, -0.2) is 28.4 Å². The number of aromatic nitrogens is 1. The van der Waals surface area contributed by atoms with Crippen molar-refractivity contribution in [1.82, 2.24) is 4.98 Å². The Kier molecular flexibility index (Phi) is 5.82. The third kappa shape index (κ3) is 4.37. The summed E-state index contributed by atoms with van der Waals surface area (Å²) in [5, 5.41) is 14.1. The summed E-state index contributed by atoms with van der Waals surface area (Å²) in [4.78, 5) is 39.6. The molecular weight excluding hydrogens is 374 g/mol. The van der Waals surface area contributed by atoms with Gasteiger partial charge in [0.25, 0.3) is 11.6 Å². The van der Waals surface area contributed by atoms with Crippen LogP contribution in [0.25, 0.3) is 10.9 Å². The maximum atomic E-state index is 12.7. The molecule has 0 aliphatic rings. The molecule has 0 radical (unpaired) electrons. The van der Waals surface area contributed by atoms with E-state index >= 15 is 0 Å². The summed E-state index contributed by atoms with van der Waals surface area (Å²) in [7, 11) is 0. The van der Waals surface area contributed by atoms with Gasteiger partial charge in [-0.15, -0.1) is 0 Å². The number of carbonyl (C=O) groups excluding carboxylic acids is 2. The van der Waals surface area contributed by atoms with Crippen molar-refractivity contribution in [2.24, 2.45) is 0 Å². The number of hydrogen-bond donors (Lipinski definition) is 1. The van der Waals surface area contributed by atoms with Crippen LogP contribution in [-0.2, 0) is 16.0 Å². The number of benzene rings is 2. The smallest absolute Gasteiger partial charge is 0.340 e. The Morgan fingerprint density at radius 2 is 1.93 bits per heavy atom. The van der Waals surface area contributed by atoms with Crippen molar-refractivity contribution in [2.45, 2.75) is 20.3 Å². The van der Waals surface area contributed by atoms with Gasteiger partial charge in [-0.05, 0) is 31.0 Å². The highest BCUT2D eigenvalue weighted by Crippen LogP contribution is 2.24. The van der Waals surface area contributed by atoms with E-state index in [4.69, 9.17) is 4.74 Å². The molecule has 0 fully saturated rings. The van der Waals surface area contributed by atoms with Gasteiger partial charge in [-0.25, -0.2) is 4.79 Å². The van der Waals surface area contributed by atoms with E-state index in [2.05, 4.69) is 10.3 Å². The summed E-state index contributed by atoms with van der Waals surface area (Å²) in [6, 6.07) is 13.0. The van der Waals surface area contributed by atoms with Crippen LogP contribution in [0.15, 0.2) is 48.5 Å². The Hall–Kier alpha value is -3.81. The summed E-state index contributed by atoms with van der Waals surface area (Å²) >= 11 is 0. The number of pyridine rings is 1. The Morgan fingerprint density at radius 1 is 1.17 bits per heavy atom. The van der Waals surface area contributed by atoms with Crippen LogP contribution >= 0.6 is 0 Å². The first-order chi connectivity index (χ1) is 13.9. The molecule has 0 spiro atoms. The molecule has 8 heteroatoms. The molecule has 0 aliphatic heterocycles. The van der Waals surface area contributed by atoms with E-state index in [0.29, 0.717) is 17.7 Å². The lowest BCUT2D eigenvalue weighted by molar-refractivity contribution is -0.384. The number of ether oxygens (including phenoxy) is 1. The van der Waals surface area contributed by atoms with Crippen LogP contribution in [0.4, 0.5) is 11.4 Å². The molecule has 1 aromatic heterocycles. The SMILES string of the molecule is CCc1nc2ccccc2c(C)c1C(=O)OCC(=O)Nc1cccc([N+](=O)[O-])c1. The average Bonchev–Trinajstić information content (AvgIpc) is 2.72. The zero-order valence-electron chi connectivity index (χ0n) is 16.0. The van der Waals surface area contributed by atoms with E-state index in [0.717, 1.165) is 16.5 Å². The number of nitro groups is 1. The fourth-order valence-corrected chi connectivity index (χ4v) is 3.06. The minimum absolute atomic E-state index is 0.148. The van der Waals surface area contributed by atoms with Gasteiger partial charge in [0.15, 0.2) is 6.61 Å². The standard InChI is InChI=1S/C21H19N3O5/c1-3-17-20(13(2)16-9-4-5-10-18(16)23-17)21(26)29-12-19(25)22-14-7-6-8-15(11-14)24(27)28/h4-11H,3,12H2,1-2H3,(H,22,25). The number of para-hydroxylation sites is 1. The van der Waals surface area contributed by atoms with Crippen LogP contribution in [0.2, 0.25) is 0 Å². The number of nitro benzene ring substituents is 1. The Morgan fingerprint density at radius 3 is 2.66 bits per heavy atom. The second-order valence-electron chi connectivity index (χ2n) is 6.36. The Bertz CT molecular complexity index is 1110. The third-order valence-electron chi connectivity index (χ3n) is 4.44. The predicted molar refractivity (Wildman–Crippen MR) is 108 cm³/mol. The Labute approximate surface area is 166 Å². The molecule has 0 saturated heterocycles. The first-order valence-corrected chi connectivity index (χ1v) is 9.00. The zero-order chi connectivity index (χ0) is 21.0. The number of esters is 1. The summed E-state index contributed by atoms with van der Waals surface area (Å²) in [6.07, 6.45) is 0.538. The Balaban J connectivity index is 1.74. The van der Waals surface area contributed by atoms with Gasteiger partial charge in [0.1, 0.15) is 0 Å². The van der Waals surface area contributed by atoms with E-state index in [1.54, 1.807) is 0 Å². The molecule has 2 aromatic carbocycles. The first-order valence-electron chi connectivity index (χ1n) is 9.00. The van der Waals surface area contributed by atoms with Gasteiger partial charge in [0.05, 0.1) is 21.7 Å². The number of aryl methyl sites for hydroxylation is 2. The predicted octanol–water partition coefficient (Wildman–Crippen LogP) is 3.81. The normalized spacial score (nSPS) is 10.6. The van der Waals surface area contributed by atoms with Crippen LogP contribution in [0.3, 0.4) is 0 Å². The minimum atomic E-state index is -0.633. The van der Waals surface area contributed by atoms with E-state index < -0.39 is 23.4 Å². The third-order valence-corrected chi connectivity index (χ3v) is 4.44. The average molecular weight is 393 g/mol. The monoisotopic (exact) mass is 393 g/mol. The summed E-state index contributed by atoms with van der Waals surface area (Å²) in [5.41, 5.74) is 2.60. The van der Waals surface area contributed by atoms with Crippen LogP contribution < -0.4 is 5.32 Å². The fourth-order valence-electron chi connectivity index (χ4n) is 3.06. The summed E-state index contributed by atoms with van der Waals surface area (Å²) in [5.74, 6) is -1.23. The minimum Gasteiger partial charge on any atom is -0.452 e. The number of anilines is 1.